The summed E-state index contributed by atoms with van der Waals surface area (Å²) in [6.07, 6.45) is 6.17. The Balaban J connectivity index is 1.59. The van der Waals surface area contributed by atoms with Gasteiger partial charge in [0.2, 0.25) is 0 Å². The molecule has 1 saturated heterocycles. The number of halogens is 1. The number of likely N-dealkylation sites (N-methyl/N-ethyl adjacent to an activating group) is 1. The van der Waals surface area contributed by atoms with E-state index in [0.29, 0.717) is 12.6 Å². The third kappa shape index (κ3) is 3.98. The highest BCUT2D eigenvalue weighted by Crippen LogP contribution is 2.19. The molecule has 1 fully saturated rings. The van der Waals surface area contributed by atoms with Gasteiger partial charge in [-0.05, 0) is 32.5 Å². The van der Waals surface area contributed by atoms with Crippen LogP contribution in [0.5, 0.6) is 0 Å². The first-order valence-electron chi connectivity index (χ1n) is 8.25. The highest BCUT2D eigenvalue weighted by atomic mass is 19.1. The molecule has 0 bridgehead atoms. The number of aryl methyl sites for hydroxylation is 1. The lowest BCUT2D eigenvalue weighted by atomic mass is 10.0. The summed E-state index contributed by atoms with van der Waals surface area (Å²) in [6.45, 7) is 3.57. The number of imidazole rings is 1. The van der Waals surface area contributed by atoms with E-state index < -0.39 is 0 Å². The fourth-order valence-corrected chi connectivity index (χ4v) is 3.30. The van der Waals surface area contributed by atoms with Crippen LogP contribution < -0.4 is 0 Å². The summed E-state index contributed by atoms with van der Waals surface area (Å²) in [5.41, 5.74) is 0.792. The molecule has 0 spiro atoms. The molecule has 1 atom stereocenters. The molecule has 0 N–H and O–H groups in total. The van der Waals surface area contributed by atoms with E-state index in [1.54, 1.807) is 12.1 Å². The van der Waals surface area contributed by atoms with Gasteiger partial charge in [0.15, 0.2) is 0 Å². The molecular weight excluding hydrogens is 291 g/mol. The van der Waals surface area contributed by atoms with Crippen molar-refractivity contribution in [3.05, 3.63) is 53.9 Å². The molecule has 0 saturated carbocycles. The van der Waals surface area contributed by atoms with Crippen LogP contribution in [0, 0.1) is 5.82 Å². The van der Waals surface area contributed by atoms with Gasteiger partial charge in [-0.3, -0.25) is 9.80 Å². The molecule has 124 valence electrons. The molecule has 1 unspecified atom stereocenters. The van der Waals surface area contributed by atoms with Crippen LogP contribution in [0.3, 0.4) is 0 Å². The van der Waals surface area contributed by atoms with E-state index >= 15 is 0 Å². The van der Waals surface area contributed by atoms with Gasteiger partial charge in [-0.2, -0.15) is 0 Å². The van der Waals surface area contributed by atoms with Crippen LogP contribution in [0.25, 0.3) is 0 Å². The maximum atomic E-state index is 13.8. The number of rotatable bonds is 5. The fourth-order valence-electron chi connectivity index (χ4n) is 3.30. The largest absolute Gasteiger partial charge is 0.337 e. The summed E-state index contributed by atoms with van der Waals surface area (Å²) in [4.78, 5) is 9.14. The van der Waals surface area contributed by atoms with Crippen LogP contribution >= 0.6 is 0 Å². The van der Waals surface area contributed by atoms with Crippen LogP contribution in [-0.4, -0.2) is 45.5 Å². The predicted molar refractivity (Wildman–Crippen MR) is 89.4 cm³/mol. The number of hydrogen-bond donors (Lipinski definition) is 0. The highest BCUT2D eigenvalue weighted by Gasteiger charge is 2.24. The molecule has 0 radical (unpaired) electrons. The predicted octanol–water partition coefficient (Wildman–Crippen LogP) is 2.66. The van der Waals surface area contributed by atoms with Crippen molar-refractivity contribution >= 4 is 0 Å². The van der Waals surface area contributed by atoms with Crippen LogP contribution in [0.1, 0.15) is 24.2 Å². The van der Waals surface area contributed by atoms with Crippen molar-refractivity contribution in [2.75, 3.05) is 20.1 Å². The molecule has 2 heterocycles. The van der Waals surface area contributed by atoms with E-state index in [-0.39, 0.29) is 5.82 Å². The van der Waals surface area contributed by atoms with Gasteiger partial charge in [-0.1, -0.05) is 18.2 Å². The average molecular weight is 316 g/mol. The van der Waals surface area contributed by atoms with Crippen molar-refractivity contribution < 1.29 is 4.39 Å². The van der Waals surface area contributed by atoms with Gasteiger partial charge in [0, 0.05) is 44.1 Å². The van der Waals surface area contributed by atoms with Gasteiger partial charge in [-0.25, -0.2) is 9.37 Å². The van der Waals surface area contributed by atoms with Gasteiger partial charge >= 0.3 is 0 Å². The Morgan fingerprint density at radius 1 is 1.35 bits per heavy atom. The van der Waals surface area contributed by atoms with E-state index in [0.717, 1.165) is 37.4 Å². The normalized spacial score (nSPS) is 19.4. The zero-order chi connectivity index (χ0) is 16.2. The van der Waals surface area contributed by atoms with E-state index in [1.165, 1.54) is 6.42 Å². The first kappa shape index (κ1) is 16.1. The smallest absolute Gasteiger partial charge is 0.127 e. The highest BCUT2D eigenvalue weighted by molar-refractivity contribution is 5.17. The summed E-state index contributed by atoms with van der Waals surface area (Å²) in [5.74, 6) is 0.981. The van der Waals surface area contributed by atoms with Crippen LogP contribution in [0.4, 0.5) is 4.39 Å². The maximum Gasteiger partial charge on any atom is 0.127 e. The Morgan fingerprint density at radius 2 is 2.17 bits per heavy atom. The third-order valence-electron chi connectivity index (χ3n) is 4.77. The molecular formula is C18H25FN4. The van der Waals surface area contributed by atoms with E-state index in [9.17, 15) is 4.39 Å². The lowest BCUT2D eigenvalue weighted by Crippen LogP contribution is -2.46. The zero-order valence-electron chi connectivity index (χ0n) is 14.0. The lowest BCUT2D eigenvalue weighted by Gasteiger charge is -2.37. The van der Waals surface area contributed by atoms with Gasteiger partial charge < -0.3 is 4.57 Å². The van der Waals surface area contributed by atoms with Crippen molar-refractivity contribution in [3.63, 3.8) is 0 Å². The molecule has 23 heavy (non-hydrogen) atoms. The number of nitrogens with zero attached hydrogens (tertiary/aromatic N) is 4. The molecule has 1 aromatic heterocycles. The molecule has 5 heteroatoms. The third-order valence-corrected chi connectivity index (χ3v) is 4.77. The SMILES string of the molecule is CN(Cc1nccn1C)C1CCCN(Cc2ccccc2F)C1. The van der Waals surface area contributed by atoms with Gasteiger partial charge in [0.25, 0.3) is 0 Å². The van der Waals surface area contributed by atoms with Crippen LogP contribution in [0.2, 0.25) is 0 Å². The molecule has 4 nitrogen and oxygen atoms in total. The molecule has 2 aromatic rings. The summed E-state index contributed by atoms with van der Waals surface area (Å²) in [6, 6.07) is 7.58. The van der Waals surface area contributed by atoms with Gasteiger partial charge in [0.1, 0.15) is 11.6 Å². The summed E-state index contributed by atoms with van der Waals surface area (Å²) in [5, 5.41) is 0. The number of aromatic nitrogens is 2. The van der Waals surface area contributed by atoms with E-state index in [4.69, 9.17) is 0 Å². The Labute approximate surface area is 137 Å². The zero-order valence-corrected chi connectivity index (χ0v) is 14.0. The second-order valence-corrected chi connectivity index (χ2v) is 6.49. The Bertz CT molecular complexity index is 639. The molecule has 1 aromatic carbocycles. The summed E-state index contributed by atoms with van der Waals surface area (Å²) in [7, 11) is 4.19. The minimum Gasteiger partial charge on any atom is -0.337 e. The number of likely N-dealkylation sites (tertiary alicyclic amines) is 1. The standard InChI is InChI=1S/C18H25FN4/c1-21-11-9-20-18(21)14-22(2)16-7-5-10-23(13-16)12-15-6-3-4-8-17(15)19/h3-4,6,8-9,11,16H,5,7,10,12-14H2,1-2H3. The average Bonchev–Trinajstić information content (AvgIpc) is 2.95. The van der Waals surface area contributed by atoms with Crippen molar-refractivity contribution in [2.45, 2.75) is 32.0 Å². The minimum absolute atomic E-state index is 0.101. The topological polar surface area (TPSA) is 24.3 Å². The van der Waals surface area contributed by atoms with Crippen LogP contribution in [-0.2, 0) is 20.1 Å². The lowest BCUT2D eigenvalue weighted by molar-refractivity contribution is 0.104. The van der Waals surface area contributed by atoms with Crippen molar-refractivity contribution in [2.24, 2.45) is 7.05 Å². The summed E-state index contributed by atoms with van der Waals surface area (Å²) < 4.78 is 15.9. The number of benzene rings is 1. The monoisotopic (exact) mass is 316 g/mol. The molecule has 1 aliphatic heterocycles. The Kier molecular flexibility index (Phi) is 5.08. The first-order valence-corrected chi connectivity index (χ1v) is 8.25. The van der Waals surface area contributed by atoms with E-state index in [1.807, 2.05) is 31.6 Å². The number of piperidine rings is 1. The van der Waals surface area contributed by atoms with Crippen molar-refractivity contribution in [1.82, 2.24) is 19.4 Å². The molecule has 0 aliphatic carbocycles. The quantitative estimate of drug-likeness (QED) is 0.847. The Hall–Kier alpha value is -1.72. The van der Waals surface area contributed by atoms with Crippen molar-refractivity contribution in [3.8, 4) is 0 Å². The van der Waals surface area contributed by atoms with Crippen molar-refractivity contribution in [1.29, 1.82) is 0 Å². The Morgan fingerprint density at radius 3 is 2.91 bits per heavy atom. The maximum absolute atomic E-state index is 13.8. The molecule has 1 aliphatic rings. The second kappa shape index (κ2) is 7.23. The fraction of sp³-hybridized carbons (Fsp3) is 0.500. The van der Waals surface area contributed by atoms with Crippen LogP contribution in [0.15, 0.2) is 36.7 Å². The van der Waals surface area contributed by atoms with Gasteiger partial charge in [0.05, 0.1) is 6.54 Å². The van der Waals surface area contributed by atoms with E-state index in [2.05, 4.69) is 26.4 Å². The van der Waals surface area contributed by atoms with Gasteiger partial charge in [-0.15, -0.1) is 0 Å². The first-order chi connectivity index (χ1) is 11.1. The second-order valence-electron chi connectivity index (χ2n) is 6.49. The minimum atomic E-state index is -0.101. The number of hydrogen-bond acceptors (Lipinski definition) is 3. The summed E-state index contributed by atoms with van der Waals surface area (Å²) >= 11 is 0. The molecule has 3 rings (SSSR count). The molecule has 0 amide bonds.